The highest BCUT2D eigenvalue weighted by molar-refractivity contribution is 5.82. The van der Waals surface area contributed by atoms with Gasteiger partial charge in [0.15, 0.2) is 0 Å². The smallest absolute Gasteiger partial charge is 0.303 e. The molecule has 0 aromatic rings. The predicted molar refractivity (Wildman–Crippen MR) is 59.8 cm³/mol. The van der Waals surface area contributed by atoms with Crippen molar-refractivity contribution in [3.8, 4) is 0 Å². The van der Waals surface area contributed by atoms with Crippen LogP contribution in [0.4, 0.5) is 0 Å². The van der Waals surface area contributed by atoms with Crippen molar-refractivity contribution in [1.29, 1.82) is 0 Å². The lowest BCUT2D eigenvalue weighted by Gasteiger charge is -2.32. The zero-order valence-electron chi connectivity index (χ0n) is 9.69. The molecule has 0 saturated carbocycles. The molecule has 1 heterocycles. The van der Waals surface area contributed by atoms with Gasteiger partial charge >= 0.3 is 5.97 Å². The molecule has 1 aliphatic heterocycles. The number of hydrogen-bond acceptors (Lipinski definition) is 3. The molecule has 1 aliphatic rings. The van der Waals surface area contributed by atoms with Gasteiger partial charge in [-0.25, -0.2) is 0 Å². The molecule has 16 heavy (non-hydrogen) atoms. The van der Waals surface area contributed by atoms with Crippen LogP contribution in [-0.2, 0) is 9.59 Å². The average Bonchev–Trinajstić information content (AvgIpc) is 2.24. The van der Waals surface area contributed by atoms with Crippen LogP contribution in [0.15, 0.2) is 0 Å². The monoisotopic (exact) mass is 228 g/mol. The molecule has 0 radical (unpaired) electrons. The van der Waals surface area contributed by atoms with Crippen molar-refractivity contribution in [2.24, 2.45) is 11.7 Å². The number of carboxylic acids is 1. The molecular formula is C11H20N2O3. The Hall–Kier alpha value is -1.10. The Morgan fingerprint density at radius 2 is 2.25 bits per heavy atom. The molecule has 1 amide bonds. The van der Waals surface area contributed by atoms with E-state index in [2.05, 4.69) is 6.92 Å². The van der Waals surface area contributed by atoms with Crippen molar-refractivity contribution in [2.75, 3.05) is 13.1 Å². The van der Waals surface area contributed by atoms with E-state index < -0.39 is 12.0 Å². The van der Waals surface area contributed by atoms with Crippen LogP contribution in [0.5, 0.6) is 0 Å². The first-order valence-corrected chi connectivity index (χ1v) is 5.77. The van der Waals surface area contributed by atoms with E-state index in [1.54, 1.807) is 4.90 Å². The number of nitrogens with two attached hydrogens (primary N) is 1. The van der Waals surface area contributed by atoms with Crippen LogP contribution in [0.3, 0.4) is 0 Å². The summed E-state index contributed by atoms with van der Waals surface area (Å²) in [6.07, 6.45) is 2.34. The molecule has 2 unspecified atom stereocenters. The van der Waals surface area contributed by atoms with E-state index in [4.69, 9.17) is 10.8 Å². The molecule has 1 fully saturated rings. The third-order valence-corrected chi connectivity index (χ3v) is 2.96. The minimum Gasteiger partial charge on any atom is -0.481 e. The van der Waals surface area contributed by atoms with Gasteiger partial charge in [0, 0.05) is 19.5 Å². The highest BCUT2D eigenvalue weighted by Gasteiger charge is 2.25. The second kappa shape index (κ2) is 5.84. The minimum atomic E-state index is -0.907. The highest BCUT2D eigenvalue weighted by atomic mass is 16.4. The summed E-state index contributed by atoms with van der Waals surface area (Å²) in [6.45, 7) is 3.62. The number of piperidine rings is 1. The van der Waals surface area contributed by atoms with E-state index in [1.807, 2.05) is 0 Å². The number of carbonyl (C=O) groups is 2. The summed E-state index contributed by atoms with van der Waals surface area (Å²) in [5.74, 6) is -0.493. The van der Waals surface area contributed by atoms with Crippen LogP contribution in [0, 0.1) is 5.92 Å². The van der Waals surface area contributed by atoms with E-state index in [9.17, 15) is 9.59 Å². The zero-order chi connectivity index (χ0) is 12.1. The SMILES string of the molecule is CC1CCCN(C(=O)C(N)CCC(=O)O)C1. The van der Waals surface area contributed by atoms with E-state index >= 15 is 0 Å². The van der Waals surface area contributed by atoms with Crippen LogP contribution >= 0.6 is 0 Å². The van der Waals surface area contributed by atoms with Crippen molar-refractivity contribution in [1.82, 2.24) is 4.90 Å². The Labute approximate surface area is 95.6 Å². The van der Waals surface area contributed by atoms with Crippen LogP contribution in [0.1, 0.15) is 32.6 Å². The molecule has 1 rings (SSSR count). The summed E-state index contributed by atoms with van der Waals surface area (Å²) in [5.41, 5.74) is 5.69. The number of nitrogens with zero attached hydrogens (tertiary/aromatic N) is 1. The summed E-state index contributed by atoms with van der Waals surface area (Å²) in [5, 5.41) is 8.52. The third kappa shape index (κ3) is 3.81. The maximum absolute atomic E-state index is 11.9. The molecule has 2 atom stereocenters. The molecule has 1 saturated heterocycles. The van der Waals surface area contributed by atoms with E-state index in [-0.39, 0.29) is 18.7 Å². The van der Waals surface area contributed by atoms with Crippen LogP contribution in [-0.4, -0.2) is 41.0 Å². The second-order valence-corrected chi connectivity index (χ2v) is 4.57. The maximum atomic E-state index is 11.9. The Balaban J connectivity index is 2.40. The van der Waals surface area contributed by atoms with Gasteiger partial charge in [0.2, 0.25) is 5.91 Å². The van der Waals surface area contributed by atoms with E-state index in [0.717, 1.165) is 25.9 Å². The van der Waals surface area contributed by atoms with Gasteiger partial charge in [-0.1, -0.05) is 6.92 Å². The summed E-state index contributed by atoms with van der Waals surface area (Å²) in [4.78, 5) is 24.0. The quantitative estimate of drug-likeness (QED) is 0.731. The van der Waals surface area contributed by atoms with Gasteiger partial charge in [-0.3, -0.25) is 9.59 Å². The lowest BCUT2D eigenvalue weighted by Crippen LogP contribution is -2.47. The Kier molecular flexibility index (Phi) is 4.73. The van der Waals surface area contributed by atoms with Crippen LogP contribution < -0.4 is 5.73 Å². The van der Waals surface area contributed by atoms with Crippen molar-refractivity contribution in [3.63, 3.8) is 0 Å². The number of likely N-dealkylation sites (tertiary alicyclic amines) is 1. The van der Waals surface area contributed by atoms with Gasteiger partial charge in [0.05, 0.1) is 6.04 Å². The fourth-order valence-electron chi connectivity index (χ4n) is 2.03. The van der Waals surface area contributed by atoms with Crippen LogP contribution in [0.25, 0.3) is 0 Å². The summed E-state index contributed by atoms with van der Waals surface area (Å²) in [6, 6.07) is -0.665. The first-order chi connectivity index (χ1) is 7.50. The number of carbonyl (C=O) groups excluding carboxylic acids is 1. The number of rotatable bonds is 4. The molecule has 0 spiro atoms. The Morgan fingerprint density at radius 3 is 2.81 bits per heavy atom. The van der Waals surface area contributed by atoms with Gasteiger partial charge in [-0.05, 0) is 25.2 Å². The van der Waals surface area contributed by atoms with Gasteiger partial charge in [0.1, 0.15) is 0 Å². The molecular weight excluding hydrogens is 208 g/mol. The van der Waals surface area contributed by atoms with Crippen molar-refractivity contribution < 1.29 is 14.7 Å². The number of amides is 1. The normalized spacial score (nSPS) is 22.9. The Bertz CT molecular complexity index is 268. The molecule has 0 aromatic carbocycles. The molecule has 0 aromatic heterocycles. The molecule has 0 bridgehead atoms. The number of hydrogen-bond donors (Lipinski definition) is 2. The van der Waals surface area contributed by atoms with Gasteiger partial charge in [0.25, 0.3) is 0 Å². The lowest BCUT2D eigenvalue weighted by atomic mass is 9.99. The lowest BCUT2D eigenvalue weighted by molar-refractivity contribution is -0.138. The van der Waals surface area contributed by atoms with Gasteiger partial charge < -0.3 is 15.7 Å². The van der Waals surface area contributed by atoms with E-state index in [0.29, 0.717) is 5.92 Å². The van der Waals surface area contributed by atoms with Crippen molar-refractivity contribution in [3.05, 3.63) is 0 Å². The largest absolute Gasteiger partial charge is 0.481 e. The molecule has 5 heteroatoms. The first-order valence-electron chi connectivity index (χ1n) is 5.77. The fourth-order valence-corrected chi connectivity index (χ4v) is 2.03. The molecule has 3 N–H and O–H groups in total. The fraction of sp³-hybridized carbons (Fsp3) is 0.818. The number of carboxylic acid groups (broad SMARTS) is 1. The summed E-state index contributed by atoms with van der Waals surface area (Å²) in [7, 11) is 0. The molecule has 5 nitrogen and oxygen atoms in total. The van der Waals surface area contributed by atoms with Gasteiger partial charge in [-0.15, -0.1) is 0 Å². The minimum absolute atomic E-state index is 0.0453. The molecule has 92 valence electrons. The van der Waals surface area contributed by atoms with Gasteiger partial charge in [-0.2, -0.15) is 0 Å². The van der Waals surface area contributed by atoms with Crippen molar-refractivity contribution >= 4 is 11.9 Å². The summed E-state index contributed by atoms with van der Waals surface area (Å²) >= 11 is 0. The van der Waals surface area contributed by atoms with Crippen molar-refractivity contribution in [2.45, 2.75) is 38.6 Å². The predicted octanol–water partition coefficient (Wildman–Crippen LogP) is 0.437. The average molecular weight is 228 g/mol. The topological polar surface area (TPSA) is 83.6 Å². The number of aliphatic carboxylic acids is 1. The second-order valence-electron chi connectivity index (χ2n) is 4.57. The third-order valence-electron chi connectivity index (χ3n) is 2.96. The molecule has 0 aliphatic carbocycles. The Morgan fingerprint density at radius 1 is 1.56 bits per heavy atom. The maximum Gasteiger partial charge on any atom is 0.303 e. The van der Waals surface area contributed by atoms with Crippen LogP contribution in [0.2, 0.25) is 0 Å². The standard InChI is InChI=1S/C11H20N2O3/c1-8-3-2-6-13(7-8)11(16)9(12)4-5-10(14)15/h8-9H,2-7,12H2,1H3,(H,14,15). The first kappa shape index (κ1) is 13.0. The zero-order valence-corrected chi connectivity index (χ0v) is 9.69. The summed E-state index contributed by atoms with van der Waals surface area (Å²) < 4.78 is 0. The highest BCUT2D eigenvalue weighted by Crippen LogP contribution is 2.16. The van der Waals surface area contributed by atoms with E-state index in [1.165, 1.54) is 0 Å².